The molecule has 5 heteroatoms. The molecule has 0 rings (SSSR count). The van der Waals surface area contributed by atoms with Crippen molar-refractivity contribution in [3.8, 4) is 0 Å². The molecule has 0 radical (unpaired) electrons. The number of rotatable bonds is 18. The highest BCUT2D eigenvalue weighted by Gasteiger charge is 2.07. The van der Waals surface area contributed by atoms with E-state index in [2.05, 4.69) is 19.1 Å². The van der Waals surface area contributed by atoms with E-state index in [1.165, 1.54) is 75.5 Å². The van der Waals surface area contributed by atoms with E-state index in [0.717, 1.165) is 12.8 Å². The topological polar surface area (TPSA) is 54.5 Å². The summed E-state index contributed by atoms with van der Waals surface area (Å²) in [4.78, 5) is 13.3. The maximum Gasteiger partial charge on any atom is 0.222 e. The summed E-state index contributed by atoms with van der Waals surface area (Å²) in [5, 5.41) is 0. The second kappa shape index (κ2) is 18.9. The maximum atomic E-state index is 11.8. The smallest absolute Gasteiger partial charge is 0.222 e. The second-order valence-electron chi connectivity index (χ2n) is 7.21. The number of hydrogen-bond acceptors (Lipinski definition) is 3. The first kappa shape index (κ1) is 25.2. The van der Waals surface area contributed by atoms with E-state index in [4.69, 9.17) is 0 Å². The van der Waals surface area contributed by atoms with Gasteiger partial charge in [-0.3, -0.25) is 4.79 Å². The van der Waals surface area contributed by atoms with Crippen molar-refractivity contribution in [2.75, 3.05) is 19.3 Å². The van der Waals surface area contributed by atoms with Crippen molar-refractivity contribution < 1.29 is 13.2 Å². The largest absolute Gasteiger partial charge is 0.345 e. The summed E-state index contributed by atoms with van der Waals surface area (Å²) in [6, 6.07) is 0. The van der Waals surface area contributed by atoms with Crippen molar-refractivity contribution in [1.29, 1.82) is 0 Å². The van der Waals surface area contributed by atoms with Crippen LogP contribution in [0.2, 0.25) is 0 Å². The maximum absolute atomic E-state index is 11.8. The normalized spacial score (nSPS) is 11.5. The minimum Gasteiger partial charge on any atom is -0.345 e. The van der Waals surface area contributed by atoms with E-state index in [9.17, 15) is 13.2 Å². The Labute approximate surface area is 163 Å². The molecule has 0 aromatic heterocycles. The van der Waals surface area contributed by atoms with Gasteiger partial charge in [0.15, 0.2) is 0 Å². The van der Waals surface area contributed by atoms with Crippen LogP contribution in [-0.2, 0) is 15.5 Å². The Morgan fingerprint density at radius 3 is 1.85 bits per heavy atom. The molecular weight excluding hydrogens is 346 g/mol. The highest BCUT2D eigenvalue weighted by atomic mass is 32.2. The molecule has 0 aliphatic heterocycles. The van der Waals surface area contributed by atoms with E-state index in [-0.39, 0.29) is 11.7 Å². The molecule has 154 valence electrons. The number of allylic oxidation sites excluding steroid dienone is 2. The van der Waals surface area contributed by atoms with Gasteiger partial charge in [0.25, 0.3) is 0 Å². The van der Waals surface area contributed by atoms with E-state index < -0.39 is 10.7 Å². The molecule has 0 aromatic carbocycles. The van der Waals surface area contributed by atoms with Crippen molar-refractivity contribution in [2.24, 2.45) is 0 Å². The fraction of sp³-hybridized carbons (Fsp3) is 0.857. The molecular formula is C21H41NO3S. The number of nitrogens with zero attached hydrogens (tertiary/aromatic N) is 1. The van der Waals surface area contributed by atoms with Gasteiger partial charge in [-0.25, -0.2) is 8.42 Å². The van der Waals surface area contributed by atoms with Gasteiger partial charge in [-0.15, -0.1) is 0 Å². The van der Waals surface area contributed by atoms with E-state index in [0.29, 0.717) is 13.0 Å². The van der Waals surface area contributed by atoms with Crippen LogP contribution in [0.5, 0.6) is 0 Å². The predicted molar refractivity (Wildman–Crippen MR) is 112 cm³/mol. The fourth-order valence-electron chi connectivity index (χ4n) is 2.89. The lowest BCUT2D eigenvalue weighted by atomic mass is 10.1. The van der Waals surface area contributed by atoms with E-state index in [1.54, 1.807) is 7.05 Å². The Bertz CT molecular complexity index is 425. The summed E-state index contributed by atoms with van der Waals surface area (Å²) in [5.41, 5.74) is 0. The Hall–Kier alpha value is -0.840. The molecule has 0 atom stereocenters. The molecule has 0 aliphatic carbocycles. The molecule has 0 saturated heterocycles. The summed E-state index contributed by atoms with van der Waals surface area (Å²) >= 11 is 0. The Balaban J connectivity index is 3.35. The molecule has 4 nitrogen and oxygen atoms in total. The fourth-order valence-corrected chi connectivity index (χ4v) is 3.36. The van der Waals surface area contributed by atoms with Crippen LogP contribution < -0.4 is 0 Å². The zero-order valence-corrected chi connectivity index (χ0v) is 18.0. The highest BCUT2D eigenvalue weighted by molar-refractivity contribution is 7.72. The van der Waals surface area contributed by atoms with Crippen LogP contribution in [-0.4, -0.2) is 38.6 Å². The van der Waals surface area contributed by atoms with Gasteiger partial charge in [0, 0.05) is 20.0 Å². The summed E-state index contributed by atoms with van der Waals surface area (Å²) in [7, 11) is -0.711. The van der Waals surface area contributed by atoms with Gasteiger partial charge in [-0.1, -0.05) is 70.4 Å². The standard InChI is InChI=1S/C21H41NO3S/c1-3-4-5-6-7-8-9-10-11-12-13-14-15-16-17-18-21(23)22(2)19-20-26(24)25/h10-11,26H,3-9,12-20H2,1-2H3/b11-10-. The zero-order valence-electron chi connectivity index (χ0n) is 17.1. The zero-order chi connectivity index (χ0) is 19.5. The average molecular weight is 388 g/mol. The summed E-state index contributed by atoms with van der Waals surface area (Å²) in [6.45, 7) is 2.56. The molecule has 0 fully saturated rings. The summed E-state index contributed by atoms with van der Waals surface area (Å²) in [5.74, 6) is 0.115. The summed E-state index contributed by atoms with van der Waals surface area (Å²) < 4.78 is 21.1. The monoisotopic (exact) mass is 387 g/mol. The van der Waals surface area contributed by atoms with Gasteiger partial charge in [-0.05, 0) is 32.1 Å². The number of unbranched alkanes of at least 4 members (excludes halogenated alkanes) is 11. The van der Waals surface area contributed by atoms with Crippen molar-refractivity contribution in [2.45, 2.75) is 96.8 Å². The first-order valence-electron chi connectivity index (χ1n) is 10.6. The molecule has 0 heterocycles. The van der Waals surface area contributed by atoms with Crippen LogP contribution >= 0.6 is 0 Å². The lowest BCUT2D eigenvalue weighted by molar-refractivity contribution is -0.129. The third-order valence-electron chi connectivity index (χ3n) is 4.70. The van der Waals surface area contributed by atoms with E-state index >= 15 is 0 Å². The molecule has 0 N–H and O–H groups in total. The first-order chi connectivity index (χ1) is 12.6. The van der Waals surface area contributed by atoms with Gasteiger partial charge in [0.05, 0.1) is 5.75 Å². The first-order valence-corrected chi connectivity index (χ1v) is 11.9. The molecule has 26 heavy (non-hydrogen) atoms. The molecule has 0 aliphatic rings. The highest BCUT2D eigenvalue weighted by Crippen LogP contribution is 2.10. The lowest BCUT2D eigenvalue weighted by Crippen LogP contribution is -2.29. The van der Waals surface area contributed by atoms with Gasteiger partial charge >= 0.3 is 0 Å². The number of carbonyl (C=O) groups excluding carboxylic acids is 1. The van der Waals surface area contributed by atoms with E-state index in [1.807, 2.05) is 0 Å². The van der Waals surface area contributed by atoms with Crippen LogP contribution in [0.3, 0.4) is 0 Å². The minimum atomic E-state index is -2.39. The van der Waals surface area contributed by atoms with Crippen LogP contribution in [0, 0.1) is 0 Å². The van der Waals surface area contributed by atoms with Crippen molar-refractivity contribution in [3.63, 3.8) is 0 Å². The van der Waals surface area contributed by atoms with Crippen LogP contribution in [0.15, 0.2) is 12.2 Å². The van der Waals surface area contributed by atoms with Crippen LogP contribution in [0.1, 0.15) is 96.8 Å². The molecule has 0 bridgehead atoms. The molecule has 1 amide bonds. The quantitative estimate of drug-likeness (QED) is 0.202. The van der Waals surface area contributed by atoms with Crippen LogP contribution in [0.4, 0.5) is 0 Å². The Morgan fingerprint density at radius 1 is 0.808 bits per heavy atom. The molecule has 0 saturated carbocycles. The van der Waals surface area contributed by atoms with Crippen molar-refractivity contribution in [1.82, 2.24) is 4.90 Å². The second-order valence-corrected chi connectivity index (χ2v) is 8.32. The van der Waals surface area contributed by atoms with Gasteiger partial charge in [0.1, 0.15) is 10.7 Å². The third kappa shape index (κ3) is 18.0. The lowest BCUT2D eigenvalue weighted by Gasteiger charge is -2.15. The molecule has 0 unspecified atom stereocenters. The molecule has 0 aromatic rings. The number of hydrogen-bond donors (Lipinski definition) is 1. The number of thiol groups is 1. The number of amides is 1. The average Bonchev–Trinajstić information content (AvgIpc) is 2.62. The summed E-state index contributed by atoms with van der Waals surface area (Å²) in [6.07, 6.45) is 21.4. The van der Waals surface area contributed by atoms with Crippen molar-refractivity contribution >= 4 is 16.6 Å². The SMILES string of the molecule is CCCCCCCC/C=C\CCCCCCCC(=O)N(C)CC[SH](=O)=O. The predicted octanol–water partition coefficient (Wildman–Crippen LogP) is 5.09. The van der Waals surface area contributed by atoms with Gasteiger partial charge in [-0.2, -0.15) is 0 Å². The minimum absolute atomic E-state index is 0.0551. The van der Waals surface area contributed by atoms with Crippen molar-refractivity contribution in [3.05, 3.63) is 12.2 Å². The Morgan fingerprint density at radius 2 is 1.31 bits per heavy atom. The molecule has 0 spiro atoms. The Kier molecular flexibility index (Phi) is 18.3. The van der Waals surface area contributed by atoms with Gasteiger partial charge in [0.2, 0.25) is 5.91 Å². The van der Waals surface area contributed by atoms with Crippen LogP contribution in [0.25, 0.3) is 0 Å². The van der Waals surface area contributed by atoms with Gasteiger partial charge < -0.3 is 4.90 Å². The number of carbonyl (C=O) groups is 1. The third-order valence-corrected chi connectivity index (χ3v) is 5.26.